The van der Waals surface area contributed by atoms with Crippen LogP contribution in [0.5, 0.6) is 0 Å². The summed E-state index contributed by atoms with van der Waals surface area (Å²) in [5, 5.41) is 0. The predicted molar refractivity (Wildman–Crippen MR) is 93.8 cm³/mol. The molecule has 1 aromatic carbocycles. The van der Waals surface area contributed by atoms with Crippen LogP contribution >= 0.6 is 0 Å². The first kappa shape index (κ1) is 17.6. The Morgan fingerprint density at radius 1 is 1.09 bits per heavy atom. The maximum Gasteiger partial charge on any atom is 0.0542 e. The van der Waals surface area contributed by atoms with Crippen molar-refractivity contribution in [2.75, 3.05) is 65.7 Å². The van der Waals surface area contributed by atoms with Crippen LogP contribution in [0.25, 0.3) is 0 Å². The topological polar surface area (TPSA) is 26.8 Å². The predicted octanol–water partition coefficient (Wildman–Crippen LogP) is 1.36. The third kappa shape index (κ3) is 6.16. The van der Waals surface area contributed by atoms with E-state index in [9.17, 15) is 4.21 Å². The monoisotopic (exact) mass is 323 g/mol. The molecule has 0 bridgehead atoms. The maximum absolute atomic E-state index is 12.2. The van der Waals surface area contributed by atoms with Crippen molar-refractivity contribution in [3.8, 4) is 0 Å². The Balaban J connectivity index is 1.58. The van der Waals surface area contributed by atoms with Crippen molar-refractivity contribution < 1.29 is 4.21 Å². The third-order valence-corrected chi connectivity index (χ3v) is 5.63. The normalized spacial score (nSPS) is 18.7. The van der Waals surface area contributed by atoms with E-state index in [0.29, 0.717) is 0 Å². The summed E-state index contributed by atoms with van der Waals surface area (Å²) >= 11 is 0. The molecular formula is C17H29N3OS. The fraction of sp³-hybridized carbons (Fsp3) is 0.647. The maximum atomic E-state index is 12.2. The first-order valence-electron chi connectivity index (χ1n) is 8.18. The molecule has 124 valence electrons. The molecule has 1 atom stereocenters. The van der Waals surface area contributed by atoms with Gasteiger partial charge in [-0.25, -0.2) is 0 Å². The van der Waals surface area contributed by atoms with Gasteiger partial charge in [-0.05, 0) is 45.7 Å². The van der Waals surface area contributed by atoms with Crippen LogP contribution < -0.4 is 0 Å². The van der Waals surface area contributed by atoms with Crippen LogP contribution in [-0.4, -0.2) is 84.6 Å². The second kappa shape index (κ2) is 9.40. The van der Waals surface area contributed by atoms with Crippen molar-refractivity contribution in [1.29, 1.82) is 0 Å². The van der Waals surface area contributed by atoms with Gasteiger partial charge >= 0.3 is 0 Å². The SMILES string of the molecule is CN1CCN(CCCN(C)CC[S@](=O)c2ccccc2)CC1. The molecule has 1 heterocycles. The molecule has 0 N–H and O–H groups in total. The molecule has 0 spiro atoms. The Bertz CT molecular complexity index is 446. The van der Waals surface area contributed by atoms with E-state index in [-0.39, 0.29) is 0 Å². The van der Waals surface area contributed by atoms with Crippen LogP contribution in [0.3, 0.4) is 0 Å². The summed E-state index contributed by atoms with van der Waals surface area (Å²) in [4.78, 5) is 8.18. The smallest absolute Gasteiger partial charge is 0.0542 e. The minimum absolute atomic E-state index is 0.717. The van der Waals surface area contributed by atoms with Crippen LogP contribution in [-0.2, 0) is 10.8 Å². The Hall–Kier alpha value is -0.750. The Morgan fingerprint density at radius 2 is 1.77 bits per heavy atom. The van der Waals surface area contributed by atoms with Crippen LogP contribution in [0, 0.1) is 0 Å². The van der Waals surface area contributed by atoms with E-state index in [0.717, 1.165) is 23.7 Å². The molecule has 4 nitrogen and oxygen atoms in total. The average molecular weight is 324 g/mol. The van der Waals surface area contributed by atoms with Gasteiger partial charge in [0.2, 0.25) is 0 Å². The first-order chi connectivity index (χ1) is 10.6. The van der Waals surface area contributed by atoms with Gasteiger partial charge in [-0.3, -0.25) is 4.21 Å². The van der Waals surface area contributed by atoms with E-state index in [2.05, 4.69) is 28.8 Å². The summed E-state index contributed by atoms with van der Waals surface area (Å²) in [6.45, 7) is 7.91. The van der Waals surface area contributed by atoms with E-state index in [1.807, 2.05) is 30.3 Å². The number of rotatable bonds is 8. The van der Waals surface area contributed by atoms with E-state index in [4.69, 9.17) is 0 Å². The van der Waals surface area contributed by atoms with Gasteiger partial charge in [0, 0.05) is 43.4 Å². The Kier molecular flexibility index (Phi) is 7.52. The number of hydrogen-bond donors (Lipinski definition) is 0. The van der Waals surface area contributed by atoms with Gasteiger partial charge in [0.15, 0.2) is 0 Å². The molecule has 0 saturated carbocycles. The van der Waals surface area contributed by atoms with Gasteiger partial charge in [-0.1, -0.05) is 18.2 Å². The lowest BCUT2D eigenvalue weighted by Gasteiger charge is -2.32. The number of hydrogen-bond acceptors (Lipinski definition) is 4. The second-order valence-corrected chi connectivity index (χ2v) is 7.74. The molecule has 2 rings (SSSR count). The van der Waals surface area contributed by atoms with Gasteiger partial charge in [0.1, 0.15) is 0 Å². The molecule has 0 aliphatic carbocycles. The zero-order valence-electron chi connectivity index (χ0n) is 13.9. The van der Waals surface area contributed by atoms with Crippen molar-refractivity contribution in [2.45, 2.75) is 11.3 Å². The first-order valence-corrected chi connectivity index (χ1v) is 9.50. The molecule has 0 unspecified atom stereocenters. The lowest BCUT2D eigenvalue weighted by Crippen LogP contribution is -2.45. The zero-order valence-corrected chi connectivity index (χ0v) is 14.7. The van der Waals surface area contributed by atoms with Gasteiger partial charge in [0.25, 0.3) is 0 Å². The summed E-state index contributed by atoms with van der Waals surface area (Å²) < 4.78 is 12.2. The lowest BCUT2D eigenvalue weighted by atomic mass is 10.3. The summed E-state index contributed by atoms with van der Waals surface area (Å²) in [5.41, 5.74) is 0. The molecule has 5 heteroatoms. The number of benzene rings is 1. The molecule has 1 aliphatic rings. The van der Waals surface area contributed by atoms with Crippen molar-refractivity contribution in [3.05, 3.63) is 30.3 Å². The van der Waals surface area contributed by atoms with Crippen molar-refractivity contribution in [2.24, 2.45) is 0 Å². The highest BCUT2D eigenvalue weighted by Crippen LogP contribution is 2.06. The van der Waals surface area contributed by atoms with Crippen molar-refractivity contribution >= 4 is 10.8 Å². The molecular weight excluding hydrogens is 294 g/mol. The summed E-state index contributed by atoms with van der Waals surface area (Å²) in [6.07, 6.45) is 1.19. The van der Waals surface area contributed by atoms with Crippen molar-refractivity contribution in [3.63, 3.8) is 0 Å². The molecule has 1 aromatic rings. The number of likely N-dealkylation sites (N-methyl/N-ethyl adjacent to an activating group) is 1. The quantitative estimate of drug-likeness (QED) is 0.722. The molecule has 1 saturated heterocycles. The largest absolute Gasteiger partial charge is 0.305 e. The van der Waals surface area contributed by atoms with E-state index in [1.54, 1.807) is 0 Å². The van der Waals surface area contributed by atoms with Gasteiger partial charge in [0.05, 0.1) is 10.8 Å². The van der Waals surface area contributed by atoms with E-state index < -0.39 is 10.8 Å². The van der Waals surface area contributed by atoms with Gasteiger partial charge in [-0.2, -0.15) is 0 Å². The number of nitrogens with zero attached hydrogens (tertiary/aromatic N) is 3. The van der Waals surface area contributed by atoms with Crippen LogP contribution in [0.1, 0.15) is 6.42 Å². The average Bonchev–Trinajstić information content (AvgIpc) is 2.55. The molecule has 0 aromatic heterocycles. The summed E-state index contributed by atoms with van der Waals surface area (Å²) in [6, 6.07) is 9.76. The Morgan fingerprint density at radius 3 is 2.45 bits per heavy atom. The second-order valence-electron chi connectivity index (χ2n) is 6.16. The summed E-state index contributed by atoms with van der Waals surface area (Å²) in [5.74, 6) is 0.717. The lowest BCUT2D eigenvalue weighted by molar-refractivity contribution is 0.148. The minimum atomic E-state index is -0.875. The van der Waals surface area contributed by atoms with Crippen LogP contribution in [0.2, 0.25) is 0 Å². The highest BCUT2D eigenvalue weighted by molar-refractivity contribution is 7.85. The van der Waals surface area contributed by atoms with Crippen LogP contribution in [0.4, 0.5) is 0 Å². The van der Waals surface area contributed by atoms with Gasteiger partial charge < -0.3 is 14.7 Å². The molecule has 0 radical (unpaired) electrons. The highest BCUT2D eigenvalue weighted by Gasteiger charge is 2.13. The third-order valence-electron chi connectivity index (χ3n) is 4.27. The summed E-state index contributed by atoms with van der Waals surface area (Å²) in [7, 11) is 3.45. The van der Waals surface area contributed by atoms with E-state index in [1.165, 1.54) is 39.1 Å². The number of piperazine rings is 1. The fourth-order valence-electron chi connectivity index (χ4n) is 2.68. The molecule has 1 aliphatic heterocycles. The van der Waals surface area contributed by atoms with Crippen molar-refractivity contribution in [1.82, 2.24) is 14.7 Å². The molecule has 1 fully saturated rings. The fourth-order valence-corrected chi connectivity index (χ4v) is 3.85. The minimum Gasteiger partial charge on any atom is -0.305 e. The van der Waals surface area contributed by atoms with Crippen LogP contribution in [0.15, 0.2) is 35.2 Å². The molecule has 22 heavy (non-hydrogen) atoms. The Labute approximate surface area is 137 Å². The van der Waals surface area contributed by atoms with Gasteiger partial charge in [-0.15, -0.1) is 0 Å². The molecule has 0 amide bonds. The van der Waals surface area contributed by atoms with E-state index >= 15 is 0 Å². The highest BCUT2D eigenvalue weighted by atomic mass is 32.2. The zero-order chi connectivity index (χ0) is 15.8. The standard InChI is InChI=1S/C17H29N3OS/c1-18(9-6-10-20-13-11-19(2)12-14-20)15-16-22(21)17-7-4-3-5-8-17/h3-5,7-8H,6,9-16H2,1-2H3/t22-/m0/s1.